The van der Waals surface area contributed by atoms with Crippen molar-refractivity contribution in [2.45, 2.75) is 36.4 Å². The number of carbonyl (C=O) groups is 1. The molecule has 0 radical (unpaired) electrons. The second-order valence-corrected chi connectivity index (χ2v) is 5.75. The van der Waals surface area contributed by atoms with Crippen LogP contribution in [0.15, 0.2) is 0 Å². The number of rotatable bonds is 3. The Morgan fingerprint density at radius 2 is 1.95 bits per heavy atom. The molecule has 2 fully saturated rings. The molecule has 1 saturated heterocycles. The van der Waals surface area contributed by atoms with Crippen molar-refractivity contribution in [2.24, 2.45) is 0 Å². The van der Waals surface area contributed by atoms with Gasteiger partial charge in [-0.05, 0) is 12.8 Å². The molecule has 1 N–H and O–H groups in total. The number of carbonyl (C=O) groups excluding carboxylic acids is 1. The second-order valence-electron chi connectivity index (χ2n) is 4.29. The van der Waals surface area contributed by atoms with E-state index in [1.165, 1.54) is 0 Å². The summed E-state index contributed by atoms with van der Waals surface area (Å²) in [5.41, 5.74) is 0. The van der Waals surface area contributed by atoms with Gasteiger partial charge in [-0.1, -0.05) is 0 Å². The Bertz CT molecular complexity index is 463. The van der Waals surface area contributed by atoms with E-state index in [-0.39, 0.29) is 19.6 Å². The number of esters is 1. The maximum Gasteiger partial charge on any atom is 0.465 e. The van der Waals surface area contributed by atoms with Crippen LogP contribution in [0.2, 0.25) is 0 Å². The number of halogens is 2. The summed E-state index contributed by atoms with van der Waals surface area (Å²) in [5.74, 6) is -3.61. The molecule has 0 bridgehead atoms. The van der Waals surface area contributed by atoms with Crippen molar-refractivity contribution >= 4 is 16.1 Å². The molecule has 10 heteroatoms. The van der Waals surface area contributed by atoms with Crippen molar-refractivity contribution < 1.29 is 40.8 Å². The van der Waals surface area contributed by atoms with Gasteiger partial charge in [0, 0.05) is 6.42 Å². The Balaban J connectivity index is 2.11. The highest BCUT2D eigenvalue weighted by molar-refractivity contribution is 7.87. The van der Waals surface area contributed by atoms with E-state index in [4.69, 9.17) is 14.0 Å². The first-order chi connectivity index (χ1) is 8.69. The molecule has 2 rings (SSSR count). The zero-order chi connectivity index (χ0) is 14.3. The summed E-state index contributed by atoms with van der Waals surface area (Å²) < 4.78 is 70.2. The third-order valence-corrected chi connectivity index (χ3v) is 3.88. The van der Waals surface area contributed by atoms with Crippen molar-refractivity contribution in [3.8, 4) is 0 Å². The number of hydrogen-bond acceptors (Lipinski definition) is 6. The van der Waals surface area contributed by atoms with E-state index in [1.807, 2.05) is 0 Å². The van der Waals surface area contributed by atoms with E-state index in [9.17, 15) is 22.0 Å². The van der Waals surface area contributed by atoms with Crippen molar-refractivity contribution in [2.75, 3.05) is 13.2 Å². The van der Waals surface area contributed by atoms with Crippen LogP contribution in [0.4, 0.5) is 8.78 Å². The van der Waals surface area contributed by atoms with Crippen LogP contribution in [0.3, 0.4) is 0 Å². The topological polar surface area (TPSA) is 99.1 Å². The van der Waals surface area contributed by atoms with Crippen LogP contribution in [-0.2, 0) is 29.1 Å². The van der Waals surface area contributed by atoms with Gasteiger partial charge in [-0.25, -0.2) is 4.79 Å². The van der Waals surface area contributed by atoms with Gasteiger partial charge in [0.25, 0.3) is 0 Å². The van der Waals surface area contributed by atoms with Crippen LogP contribution in [0.5, 0.6) is 0 Å². The van der Waals surface area contributed by atoms with Crippen LogP contribution in [-0.4, -0.2) is 49.3 Å². The third kappa shape index (κ3) is 2.45. The Hall–Kier alpha value is -0.840. The Morgan fingerprint density at radius 1 is 1.37 bits per heavy atom. The van der Waals surface area contributed by atoms with Crippen LogP contribution in [0.25, 0.3) is 0 Å². The zero-order valence-corrected chi connectivity index (χ0v) is 10.5. The summed E-state index contributed by atoms with van der Waals surface area (Å²) in [7, 11) is -5.87. The lowest BCUT2D eigenvalue weighted by molar-refractivity contribution is -0.225. The first kappa shape index (κ1) is 14.6. The van der Waals surface area contributed by atoms with Crippen LogP contribution in [0.1, 0.15) is 19.3 Å². The molecular formula is C9H12F2O7S. The van der Waals surface area contributed by atoms with Crippen LogP contribution in [0, 0.1) is 0 Å². The molecule has 1 spiro atoms. The zero-order valence-electron chi connectivity index (χ0n) is 9.67. The molecule has 1 heterocycles. The predicted octanol–water partition coefficient (Wildman–Crippen LogP) is 0.306. The molecule has 1 atom stereocenters. The summed E-state index contributed by atoms with van der Waals surface area (Å²) in [6.45, 7) is 0.478. The van der Waals surface area contributed by atoms with E-state index < -0.39 is 33.2 Å². The first-order valence-corrected chi connectivity index (χ1v) is 6.97. The van der Waals surface area contributed by atoms with Crippen molar-refractivity contribution in [1.82, 2.24) is 0 Å². The maximum absolute atomic E-state index is 13.1. The van der Waals surface area contributed by atoms with E-state index in [1.54, 1.807) is 0 Å². The molecule has 1 aliphatic carbocycles. The van der Waals surface area contributed by atoms with E-state index in [2.05, 4.69) is 4.74 Å². The lowest BCUT2D eigenvalue weighted by atomic mass is 10.2. The lowest BCUT2D eigenvalue weighted by Gasteiger charge is -2.29. The smallest absolute Gasteiger partial charge is 0.451 e. The van der Waals surface area contributed by atoms with Gasteiger partial charge in [-0.2, -0.15) is 17.2 Å². The van der Waals surface area contributed by atoms with Gasteiger partial charge in [0.05, 0.1) is 13.2 Å². The molecule has 2 aliphatic rings. The highest BCUT2D eigenvalue weighted by Gasteiger charge is 2.58. The summed E-state index contributed by atoms with van der Waals surface area (Å²) in [6, 6.07) is 0. The molecule has 0 aromatic carbocycles. The summed E-state index contributed by atoms with van der Waals surface area (Å²) >= 11 is 0. The quantitative estimate of drug-likeness (QED) is 0.591. The monoisotopic (exact) mass is 302 g/mol. The van der Waals surface area contributed by atoms with Gasteiger partial charge in [-0.15, -0.1) is 0 Å². The lowest BCUT2D eigenvalue weighted by Crippen LogP contribution is -2.46. The second kappa shape index (κ2) is 4.62. The van der Waals surface area contributed by atoms with Crippen molar-refractivity contribution in [3.05, 3.63) is 0 Å². The minimum Gasteiger partial charge on any atom is -0.451 e. The molecule has 1 saturated carbocycles. The van der Waals surface area contributed by atoms with E-state index in [0.29, 0.717) is 12.8 Å². The Morgan fingerprint density at radius 3 is 2.47 bits per heavy atom. The van der Waals surface area contributed by atoms with Gasteiger partial charge >= 0.3 is 21.3 Å². The number of ether oxygens (including phenoxy) is 3. The van der Waals surface area contributed by atoms with Crippen LogP contribution >= 0.6 is 0 Å². The van der Waals surface area contributed by atoms with Crippen LogP contribution < -0.4 is 0 Å². The van der Waals surface area contributed by atoms with Gasteiger partial charge in [0.2, 0.25) is 5.79 Å². The van der Waals surface area contributed by atoms with E-state index in [0.717, 1.165) is 0 Å². The maximum atomic E-state index is 13.1. The number of alkyl halides is 2. The highest BCUT2D eigenvalue weighted by atomic mass is 32.2. The molecule has 1 aliphatic heterocycles. The fourth-order valence-electron chi connectivity index (χ4n) is 2.17. The summed E-state index contributed by atoms with van der Waals surface area (Å²) in [4.78, 5) is 11.2. The fourth-order valence-corrected chi connectivity index (χ4v) is 2.43. The molecule has 0 amide bonds. The average molecular weight is 302 g/mol. The standard InChI is InChI=1S/C9H12F2O7S/c10-9(11,19(13,14)15)7(12)18-6-2-1-3-8(6)16-4-5-17-8/h6H,1-5H2,(H,13,14,15). The average Bonchev–Trinajstić information content (AvgIpc) is 2.89. The summed E-state index contributed by atoms with van der Waals surface area (Å²) in [5, 5.41) is -5.00. The molecule has 1 unspecified atom stereocenters. The molecular weight excluding hydrogens is 290 g/mol. The largest absolute Gasteiger partial charge is 0.465 e. The minimum atomic E-state index is -5.87. The van der Waals surface area contributed by atoms with Gasteiger partial charge in [-0.3, -0.25) is 4.55 Å². The molecule has 7 nitrogen and oxygen atoms in total. The Labute approximate surface area is 107 Å². The molecule has 0 aromatic rings. The van der Waals surface area contributed by atoms with Crippen molar-refractivity contribution in [1.29, 1.82) is 0 Å². The fraction of sp³-hybridized carbons (Fsp3) is 0.889. The molecule has 110 valence electrons. The third-order valence-electron chi connectivity index (χ3n) is 3.07. The normalized spacial score (nSPS) is 26.8. The summed E-state index contributed by atoms with van der Waals surface area (Å²) in [6.07, 6.45) is -0.0134. The number of hydrogen-bond donors (Lipinski definition) is 1. The SMILES string of the molecule is O=C(OC1CCCC12OCCO2)C(F)(F)S(=O)(=O)O. The van der Waals surface area contributed by atoms with Gasteiger partial charge < -0.3 is 14.2 Å². The van der Waals surface area contributed by atoms with Crippen molar-refractivity contribution in [3.63, 3.8) is 0 Å². The Kier molecular flexibility index (Phi) is 3.54. The predicted molar refractivity (Wildman–Crippen MR) is 54.9 cm³/mol. The van der Waals surface area contributed by atoms with Gasteiger partial charge in [0.1, 0.15) is 0 Å². The minimum absolute atomic E-state index is 0.216. The molecule has 19 heavy (non-hydrogen) atoms. The first-order valence-electron chi connectivity index (χ1n) is 5.53. The van der Waals surface area contributed by atoms with Gasteiger partial charge in [0.15, 0.2) is 6.10 Å². The molecule has 0 aromatic heterocycles. The highest BCUT2D eigenvalue weighted by Crippen LogP contribution is 2.40. The van der Waals surface area contributed by atoms with E-state index >= 15 is 0 Å².